The highest BCUT2D eigenvalue weighted by atomic mass is 35.5. The van der Waals surface area contributed by atoms with Gasteiger partial charge in [0.15, 0.2) is 0 Å². The molecule has 108 valence electrons. The molecule has 2 atom stereocenters. The van der Waals surface area contributed by atoms with Crippen LogP contribution in [0.3, 0.4) is 0 Å². The zero-order chi connectivity index (χ0) is 15.0. The maximum absolute atomic E-state index is 13.1. The van der Waals surface area contributed by atoms with Crippen LogP contribution < -0.4 is 5.32 Å². The van der Waals surface area contributed by atoms with Crippen molar-refractivity contribution in [3.8, 4) is 0 Å². The van der Waals surface area contributed by atoms with Crippen LogP contribution in [-0.4, -0.2) is 17.1 Å². The van der Waals surface area contributed by atoms with Gasteiger partial charge in [-0.25, -0.2) is 4.39 Å². The first-order chi connectivity index (χ1) is 10.1. The van der Waals surface area contributed by atoms with Gasteiger partial charge in [0.1, 0.15) is 5.82 Å². The molecule has 0 spiro atoms. The molecule has 0 fully saturated rings. The van der Waals surface area contributed by atoms with E-state index < -0.39 is 23.9 Å². The van der Waals surface area contributed by atoms with Crippen LogP contribution >= 0.6 is 11.6 Å². The lowest BCUT2D eigenvalue weighted by atomic mass is 10.1. The van der Waals surface area contributed by atoms with Gasteiger partial charge in [-0.2, -0.15) is 0 Å². The molecule has 0 aromatic heterocycles. The summed E-state index contributed by atoms with van der Waals surface area (Å²) >= 11 is 5.68. The van der Waals surface area contributed by atoms with E-state index in [0.717, 1.165) is 17.2 Å². The molecule has 1 aliphatic rings. The Morgan fingerprint density at radius 3 is 2.81 bits per heavy atom. The Labute approximate surface area is 126 Å². The average molecular weight is 306 g/mol. The van der Waals surface area contributed by atoms with Gasteiger partial charge in [-0.3, -0.25) is 4.79 Å². The zero-order valence-corrected chi connectivity index (χ0v) is 11.8. The third-order valence-electron chi connectivity index (χ3n) is 3.67. The summed E-state index contributed by atoms with van der Waals surface area (Å²) in [6.07, 6.45) is -0.159. The van der Waals surface area contributed by atoms with Crippen molar-refractivity contribution in [3.63, 3.8) is 0 Å². The van der Waals surface area contributed by atoms with Gasteiger partial charge >= 0.3 is 0 Å². The number of nitrogens with one attached hydrogen (secondary N) is 1. The van der Waals surface area contributed by atoms with E-state index in [2.05, 4.69) is 5.32 Å². The Balaban J connectivity index is 1.83. The van der Waals surface area contributed by atoms with Crippen molar-refractivity contribution in [1.29, 1.82) is 0 Å². The summed E-state index contributed by atoms with van der Waals surface area (Å²) in [5, 5.41) is 12.8. The van der Waals surface area contributed by atoms with E-state index in [1.807, 2.05) is 24.3 Å². The highest BCUT2D eigenvalue weighted by Crippen LogP contribution is 2.31. The summed E-state index contributed by atoms with van der Waals surface area (Å²) in [6, 6.07) is 10.9. The van der Waals surface area contributed by atoms with Gasteiger partial charge in [0.2, 0.25) is 0 Å². The summed E-state index contributed by atoms with van der Waals surface area (Å²) in [6.45, 7) is 0. The van der Waals surface area contributed by atoms with E-state index in [4.69, 9.17) is 11.6 Å². The van der Waals surface area contributed by atoms with Gasteiger partial charge in [0, 0.05) is 12.0 Å². The van der Waals surface area contributed by atoms with Gasteiger partial charge in [0.25, 0.3) is 5.91 Å². The smallest absolute Gasteiger partial charge is 0.251 e. The molecule has 1 amide bonds. The number of carbonyl (C=O) groups excluding carboxylic acids is 1. The molecule has 2 N–H and O–H groups in total. The Bertz CT molecular complexity index is 704. The third kappa shape index (κ3) is 2.64. The SMILES string of the molecule is O=C(N[C@@H]1c2ccccc2C[C@@H]1O)c1ccc(F)c(Cl)c1. The predicted octanol–water partition coefficient (Wildman–Crippen LogP) is 2.87. The fourth-order valence-electron chi connectivity index (χ4n) is 2.61. The number of fused-ring (bicyclic) bond motifs is 1. The molecule has 2 aromatic rings. The number of benzene rings is 2. The quantitative estimate of drug-likeness (QED) is 0.896. The molecule has 0 heterocycles. The van der Waals surface area contributed by atoms with E-state index in [1.165, 1.54) is 12.1 Å². The number of aliphatic hydroxyl groups is 1. The van der Waals surface area contributed by atoms with Crippen molar-refractivity contribution < 1.29 is 14.3 Å². The van der Waals surface area contributed by atoms with Crippen LogP contribution in [0.1, 0.15) is 27.5 Å². The standard InChI is InChI=1S/C16H13ClFNO2/c17-12-7-10(5-6-13(12)18)16(21)19-15-11-4-2-1-3-9(11)8-14(15)20/h1-7,14-15,20H,8H2,(H,19,21)/t14-,15+/m0/s1. The molecule has 0 saturated heterocycles. The first-order valence-electron chi connectivity index (χ1n) is 6.58. The Hall–Kier alpha value is -1.91. The maximum atomic E-state index is 13.1. The molecule has 21 heavy (non-hydrogen) atoms. The van der Waals surface area contributed by atoms with E-state index in [9.17, 15) is 14.3 Å². The van der Waals surface area contributed by atoms with Crippen LogP contribution in [0.15, 0.2) is 42.5 Å². The van der Waals surface area contributed by atoms with Crippen LogP contribution in [0.4, 0.5) is 4.39 Å². The molecule has 2 aromatic carbocycles. The van der Waals surface area contributed by atoms with Crippen molar-refractivity contribution in [2.45, 2.75) is 18.6 Å². The summed E-state index contributed by atoms with van der Waals surface area (Å²) < 4.78 is 13.1. The number of hydrogen-bond donors (Lipinski definition) is 2. The molecule has 1 aliphatic carbocycles. The average Bonchev–Trinajstić information content (AvgIpc) is 2.78. The largest absolute Gasteiger partial charge is 0.390 e. The lowest BCUT2D eigenvalue weighted by Crippen LogP contribution is -2.33. The zero-order valence-electron chi connectivity index (χ0n) is 11.0. The Kier molecular flexibility index (Phi) is 3.66. The number of rotatable bonds is 2. The number of amides is 1. The highest BCUT2D eigenvalue weighted by molar-refractivity contribution is 6.31. The highest BCUT2D eigenvalue weighted by Gasteiger charge is 2.32. The molecule has 0 bridgehead atoms. The van der Waals surface area contributed by atoms with Crippen LogP contribution in [0.2, 0.25) is 5.02 Å². The number of carbonyl (C=O) groups is 1. The van der Waals surface area contributed by atoms with Gasteiger partial charge in [-0.05, 0) is 29.3 Å². The van der Waals surface area contributed by atoms with Crippen LogP contribution in [0.5, 0.6) is 0 Å². The van der Waals surface area contributed by atoms with E-state index in [0.29, 0.717) is 6.42 Å². The monoisotopic (exact) mass is 305 g/mol. The summed E-state index contributed by atoms with van der Waals surface area (Å²) in [5.74, 6) is -0.961. The first kappa shape index (κ1) is 14.0. The van der Waals surface area contributed by atoms with E-state index >= 15 is 0 Å². The first-order valence-corrected chi connectivity index (χ1v) is 6.96. The lowest BCUT2D eigenvalue weighted by molar-refractivity contribution is 0.0858. The van der Waals surface area contributed by atoms with Crippen LogP contribution in [0, 0.1) is 5.82 Å². The second-order valence-electron chi connectivity index (χ2n) is 5.05. The maximum Gasteiger partial charge on any atom is 0.251 e. The molecule has 0 unspecified atom stereocenters. The molecule has 0 aliphatic heterocycles. The van der Waals surface area contributed by atoms with E-state index in [-0.39, 0.29) is 10.6 Å². The molecular weight excluding hydrogens is 293 g/mol. The topological polar surface area (TPSA) is 49.3 Å². The lowest BCUT2D eigenvalue weighted by Gasteiger charge is -2.18. The fourth-order valence-corrected chi connectivity index (χ4v) is 2.79. The molecule has 5 heteroatoms. The second-order valence-corrected chi connectivity index (χ2v) is 5.46. The number of aliphatic hydroxyl groups excluding tert-OH is 1. The van der Waals surface area contributed by atoms with Gasteiger partial charge in [0.05, 0.1) is 17.2 Å². The normalized spacial score (nSPS) is 20.1. The fraction of sp³-hybridized carbons (Fsp3) is 0.188. The van der Waals surface area contributed by atoms with Crippen molar-refractivity contribution in [2.75, 3.05) is 0 Å². The summed E-state index contributed by atoms with van der Waals surface area (Å²) in [4.78, 5) is 12.2. The second kappa shape index (κ2) is 5.47. The third-order valence-corrected chi connectivity index (χ3v) is 3.96. The van der Waals surface area contributed by atoms with Crippen molar-refractivity contribution >= 4 is 17.5 Å². The molecule has 3 rings (SSSR count). The van der Waals surface area contributed by atoms with Crippen molar-refractivity contribution in [2.24, 2.45) is 0 Å². The van der Waals surface area contributed by atoms with Crippen LogP contribution in [0.25, 0.3) is 0 Å². The van der Waals surface area contributed by atoms with Gasteiger partial charge < -0.3 is 10.4 Å². The van der Waals surface area contributed by atoms with E-state index in [1.54, 1.807) is 0 Å². The Morgan fingerprint density at radius 2 is 2.05 bits per heavy atom. The minimum absolute atomic E-state index is 0.102. The van der Waals surface area contributed by atoms with Crippen LogP contribution in [-0.2, 0) is 6.42 Å². The van der Waals surface area contributed by atoms with Crippen molar-refractivity contribution in [1.82, 2.24) is 5.32 Å². The molecule has 3 nitrogen and oxygen atoms in total. The van der Waals surface area contributed by atoms with Gasteiger partial charge in [-0.1, -0.05) is 35.9 Å². The predicted molar refractivity (Wildman–Crippen MR) is 77.8 cm³/mol. The number of halogens is 2. The Morgan fingerprint density at radius 1 is 1.29 bits per heavy atom. The summed E-state index contributed by atoms with van der Waals surface area (Å²) in [5.41, 5.74) is 2.19. The van der Waals surface area contributed by atoms with Gasteiger partial charge in [-0.15, -0.1) is 0 Å². The molecule has 0 radical (unpaired) electrons. The summed E-state index contributed by atoms with van der Waals surface area (Å²) in [7, 11) is 0. The molecular formula is C16H13ClFNO2. The molecule has 0 saturated carbocycles. The minimum Gasteiger partial charge on any atom is -0.390 e. The van der Waals surface area contributed by atoms with Crippen molar-refractivity contribution in [3.05, 3.63) is 70.0 Å². The minimum atomic E-state index is -0.665. The number of hydrogen-bond acceptors (Lipinski definition) is 2.